The summed E-state index contributed by atoms with van der Waals surface area (Å²) in [7, 11) is 0. The molecule has 0 aliphatic carbocycles. The largest absolute Gasteiger partial charge is 0.299 e. The topological polar surface area (TPSA) is 40.9 Å². The number of hydrogen-bond acceptors (Lipinski definition) is 5. The molecule has 0 aromatic carbocycles. The molecule has 1 aromatic rings. The zero-order valence-corrected chi connectivity index (χ0v) is 10.9. The molecule has 1 fully saturated rings. The van der Waals surface area contributed by atoms with Gasteiger partial charge >= 0.3 is 0 Å². The van der Waals surface area contributed by atoms with Crippen LogP contribution in [0.1, 0.15) is 0 Å². The van der Waals surface area contributed by atoms with Crippen molar-refractivity contribution in [2.75, 3.05) is 24.6 Å². The van der Waals surface area contributed by atoms with Gasteiger partial charge in [0.2, 0.25) is 0 Å². The van der Waals surface area contributed by atoms with E-state index < -0.39 is 0 Å². The molecule has 0 N–H and O–H groups in total. The minimum atomic E-state index is 0.769. The summed E-state index contributed by atoms with van der Waals surface area (Å²) in [5.74, 6) is 2.93. The Morgan fingerprint density at radius 1 is 1.24 bits per heavy atom. The second kappa shape index (κ2) is 5.10. The fraction of sp³-hybridized carbons (Fsp3) is 0.364. The number of aromatic nitrogens is 1. The Balaban J connectivity index is 1.84. The Morgan fingerprint density at radius 3 is 3.00 bits per heavy atom. The fourth-order valence-corrected chi connectivity index (χ4v) is 3.56. The molecule has 0 radical (unpaired) electrons. The Bertz CT molecular complexity index is 458. The average molecular weight is 264 g/mol. The number of aliphatic imine (C=N–C) groups is 2. The van der Waals surface area contributed by atoms with Gasteiger partial charge in [-0.2, -0.15) is 0 Å². The third-order valence-corrected chi connectivity index (χ3v) is 4.39. The van der Waals surface area contributed by atoms with Crippen molar-refractivity contribution in [3.63, 3.8) is 0 Å². The van der Waals surface area contributed by atoms with Crippen molar-refractivity contribution < 1.29 is 0 Å². The van der Waals surface area contributed by atoms with Gasteiger partial charge in [-0.15, -0.1) is 0 Å². The monoisotopic (exact) mass is 264 g/mol. The Labute approximate surface area is 109 Å². The second-order valence-corrected chi connectivity index (χ2v) is 5.72. The van der Waals surface area contributed by atoms with Gasteiger partial charge < -0.3 is 0 Å². The summed E-state index contributed by atoms with van der Waals surface area (Å²) in [4.78, 5) is 15.5. The van der Waals surface area contributed by atoms with E-state index in [4.69, 9.17) is 0 Å². The first kappa shape index (κ1) is 11.1. The van der Waals surface area contributed by atoms with Crippen LogP contribution in [0.4, 0.5) is 5.82 Å². The number of pyridine rings is 1. The van der Waals surface area contributed by atoms with E-state index in [0.29, 0.717) is 0 Å². The maximum absolute atomic E-state index is 4.58. The summed E-state index contributed by atoms with van der Waals surface area (Å²) in [6.45, 7) is 1.93. The summed E-state index contributed by atoms with van der Waals surface area (Å²) in [6.07, 6.45) is 1.77. The van der Waals surface area contributed by atoms with Crippen LogP contribution in [-0.4, -0.2) is 44.8 Å². The van der Waals surface area contributed by atoms with Gasteiger partial charge in [-0.05, 0) is 12.1 Å². The highest BCUT2D eigenvalue weighted by molar-refractivity contribution is 8.16. The van der Waals surface area contributed by atoms with E-state index >= 15 is 0 Å². The average Bonchev–Trinajstić information content (AvgIpc) is 3.00. The highest BCUT2D eigenvalue weighted by Crippen LogP contribution is 2.26. The Hall–Kier alpha value is -1.01. The molecular weight excluding hydrogens is 252 g/mol. The number of rotatable bonds is 1. The van der Waals surface area contributed by atoms with Crippen LogP contribution in [0, 0.1) is 0 Å². The summed E-state index contributed by atoms with van der Waals surface area (Å²) < 4.78 is 0. The summed E-state index contributed by atoms with van der Waals surface area (Å²) >= 11 is 3.59. The van der Waals surface area contributed by atoms with Gasteiger partial charge in [0.25, 0.3) is 0 Å². The standard InChI is InChI=1S/C11H12N4S2/c1-2-4-12-9(3-1)14-11-15(6-8-17-11)10-13-5-7-16-10/h1-4H,5-8H2/b14-11-. The van der Waals surface area contributed by atoms with Crippen molar-refractivity contribution in [1.82, 2.24) is 9.88 Å². The minimum absolute atomic E-state index is 0.769. The van der Waals surface area contributed by atoms with E-state index in [-0.39, 0.29) is 0 Å². The maximum atomic E-state index is 4.58. The normalized spacial score (nSPS) is 22.2. The van der Waals surface area contributed by atoms with Gasteiger partial charge in [0.1, 0.15) is 0 Å². The van der Waals surface area contributed by atoms with Crippen LogP contribution in [0.5, 0.6) is 0 Å². The molecule has 88 valence electrons. The minimum Gasteiger partial charge on any atom is -0.299 e. The lowest BCUT2D eigenvalue weighted by atomic mass is 10.5. The predicted octanol–water partition coefficient (Wildman–Crippen LogP) is 2.22. The molecule has 17 heavy (non-hydrogen) atoms. The Kier molecular flexibility index (Phi) is 3.33. The van der Waals surface area contributed by atoms with Crippen molar-refractivity contribution >= 4 is 39.7 Å². The van der Waals surface area contributed by atoms with Crippen molar-refractivity contribution in [2.24, 2.45) is 9.98 Å². The SMILES string of the molecule is c1ccc(/N=C2\SCCN2C2=NCCS2)nc1. The molecule has 3 heterocycles. The molecule has 0 amide bonds. The van der Waals surface area contributed by atoms with Crippen LogP contribution in [0.3, 0.4) is 0 Å². The van der Waals surface area contributed by atoms with E-state index in [1.807, 2.05) is 30.0 Å². The summed E-state index contributed by atoms with van der Waals surface area (Å²) in [6, 6.07) is 5.78. The van der Waals surface area contributed by atoms with Crippen molar-refractivity contribution in [3.8, 4) is 0 Å². The molecule has 2 aliphatic heterocycles. The van der Waals surface area contributed by atoms with E-state index in [0.717, 1.165) is 40.7 Å². The van der Waals surface area contributed by atoms with Crippen LogP contribution < -0.4 is 0 Å². The molecule has 6 heteroatoms. The lowest BCUT2D eigenvalue weighted by Crippen LogP contribution is -2.28. The molecule has 1 saturated heterocycles. The molecular formula is C11H12N4S2. The van der Waals surface area contributed by atoms with Crippen molar-refractivity contribution in [3.05, 3.63) is 24.4 Å². The predicted molar refractivity (Wildman–Crippen MR) is 75.3 cm³/mol. The van der Waals surface area contributed by atoms with Crippen LogP contribution in [-0.2, 0) is 0 Å². The summed E-state index contributed by atoms with van der Waals surface area (Å²) in [5.41, 5.74) is 0. The van der Waals surface area contributed by atoms with Gasteiger partial charge in [-0.1, -0.05) is 29.6 Å². The van der Waals surface area contributed by atoms with Crippen LogP contribution in [0.25, 0.3) is 0 Å². The zero-order valence-electron chi connectivity index (χ0n) is 9.24. The first-order valence-corrected chi connectivity index (χ1v) is 7.48. The van der Waals surface area contributed by atoms with E-state index in [1.165, 1.54) is 0 Å². The van der Waals surface area contributed by atoms with Gasteiger partial charge in [0.15, 0.2) is 16.2 Å². The molecule has 3 rings (SSSR count). The van der Waals surface area contributed by atoms with E-state index in [2.05, 4.69) is 19.9 Å². The van der Waals surface area contributed by atoms with Crippen molar-refractivity contribution in [2.45, 2.75) is 0 Å². The second-order valence-electron chi connectivity index (χ2n) is 3.60. The molecule has 0 unspecified atom stereocenters. The number of nitrogens with zero attached hydrogens (tertiary/aromatic N) is 4. The van der Waals surface area contributed by atoms with Crippen molar-refractivity contribution in [1.29, 1.82) is 0 Å². The first-order chi connectivity index (χ1) is 8.43. The number of amidine groups is 2. The zero-order chi connectivity index (χ0) is 11.5. The van der Waals surface area contributed by atoms with Gasteiger partial charge in [-0.25, -0.2) is 9.98 Å². The molecule has 1 aromatic heterocycles. The highest BCUT2D eigenvalue weighted by Gasteiger charge is 2.26. The third-order valence-electron chi connectivity index (χ3n) is 2.44. The fourth-order valence-electron chi connectivity index (χ4n) is 1.68. The molecule has 0 spiro atoms. The molecule has 4 nitrogen and oxygen atoms in total. The first-order valence-electron chi connectivity index (χ1n) is 5.51. The third kappa shape index (κ3) is 2.47. The summed E-state index contributed by atoms with van der Waals surface area (Å²) in [5, 5.41) is 2.14. The molecule has 0 atom stereocenters. The smallest absolute Gasteiger partial charge is 0.172 e. The van der Waals surface area contributed by atoms with Crippen LogP contribution >= 0.6 is 23.5 Å². The van der Waals surface area contributed by atoms with Crippen LogP contribution in [0.15, 0.2) is 34.4 Å². The Morgan fingerprint density at radius 2 is 2.24 bits per heavy atom. The van der Waals surface area contributed by atoms with Gasteiger partial charge in [-0.3, -0.25) is 9.89 Å². The van der Waals surface area contributed by atoms with Gasteiger partial charge in [0, 0.05) is 24.2 Å². The number of hydrogen-bond donors (Lipinski definition) is 0. The lowest BCUT2D eigenvalue weighted by Gasteiger charge is -2.16. The molecule has 2 aliphatic rings. The highest BCUT2D eigenvalue weighted by atomic mass is 32.2. The van der Waals surface area contributed by atoms with E-state index in [9.17, 15) is 0 Å². The molecule has 0 saturated carbocycles. The maximum Gasteiger partial charge on any atom is 0.172 e. The quantitative estimate of drug-likeness (QED) is 0.780. The van der Waals surface area contributed by atoms with Gasteiger partial charge in [0.05, 0.1) is 6.54 Å². The molecule has 0 bridgehead atoms. The number of thioether (sulfide) groups is 2. The van der Waals surface area contributed by atoms with E-state index in [1.54, 1.807) is 18.0 Å². The lowest BCUT2D eigenvalue weighted by molar-refractivity contribution is 0.688. The van der Waals surface area contributed by atoms with Crippen LogP contribution in [0.2, 0.25) is 0 Å².